The minimum Gasteiger partial charge on any atom is -0.477 e. The van der Waals surface area contributed by atoms with Crippen LogP contribution in [0.2, 0.25) is 0 Å². The number of carboxylic acid groups (broad SMARTS) is 1. The Labute approximate surface area is 209 Å². The Hall–Kier alpha value is -3.04. The summed E-state index contributed by atoms with van der Waals surface area (Å²) in [5, 5.41) is 12.4. The molecule has 5 N–H and O–H groups in total. The number of piperidine rings is 1. The van der Waals surface area contributed by atoms with Crippen molar-refractivity contribution in [1.29, 1.82) is 0 Å². The monoisotopic (exact) mass is 548 g/mol. The molecule has 15 heteroatoms. The predicted octanol–water partition coefficient (Wildman–Crippen LogP) is 2.05. The molecule has 0 amide bonds. The van der Waals surface area contributed by atoms with E-state index in [4.69, 9.17) is 15.0 Å². The zero-order chi connectivity index (χ0) is 27.2. The standard InChI is InChI=1S/C21H23F3N4O4.CH4O3S/c22-14-15(25)13-16(28(10-3-4-10)7-11(18(13)29)20(30)31)19(32-21(23)24)17(14)27-6-9-2-1-5-26-12(9)8-27;1-5(2,3)4/h7,9-10,12,21,26H,1-6,8,25H2,(H,30,31);1H3,(H,2,3,4)/t9-,12+;/m1./s1. The van der Waals surface area contributed by atoms with Crippen molar-refractivity contribution in [1.82, 2.24) is 9.88 Å². The number of nitrogens with two attached hydrogens (primary N) is 1. The molecule has 1 saturated carbocycles. The molecule has 3 aliphatic rings. The van der Waals surface area contributed by atoms with Crippen LogP contribution >= 0.6 is 0 Å². The first-order valence-corrected chi connectivity index (χ1v) is 13.4. The lowest BCUT2D eigenvalue weighted by Crippen LogP contribution is -2.40. The summed E-state index contributed by atoms with van der Waals surface area (Å²) >= 11 is 0. The Morgan fingerprint density at radius 2 is 1.92 bits per heavy atom. The molecule has 0 spiro atoms. The van der Waals surface area contributed by atoms with Gasteiger partial charge in [-0.25, -0.2) is 9.18 Å². The van der Waals surface area contributed by atoms with E-state index in [-0.39, 0.29) is 29.2 Å². The van der Waals surface area contributed by atoms with E-state index in [0.29, 0.717) is 32.2 Å². The number of nitrogen functional groups attached to an aromatic ring is 1. The Morgan fingerprint density at radius 3 is 2.46 bits per heavy atom. The van der Waals surface area contributed by atoms with Gasteiger partial charge in [-0.05, 0) is 38.1 Å². The molecule has 204 valence electrons. The minimum atomic E-state index is -3.67. The van der Waals surface area contributed by atoms with Crippen LogP contribution < -0.4 is 26.1 Å². The molecular weight excluding hydrogens is 521 g/mol. The summed E-state index contributed by atoms with van der Waals surface area (Å²) in [5.41, 5.74) is 3.56. The molecule has 0 bridgehead atoms. The third-order valence-corrected chi connectivity index (χ3v) is 6.67. The van der Waals surface area contributed by atoms with Gasteiger partial charge >= 0.3 is 12.6 Å². The number of alkyl halides is 2. The third-order valence-electron chi connectivity index (χ3n) is 6.67. The summed E-state index contributed by atoms with van der Waals surface area (Å²) < 4.78 is 74.8. The van der Waals surface area contributed by atoms with Crippen molar-refractivity contribution in [2.45, 2.75) is 44.4 Å². The van der Waals surface area contributed by atoms with E-state index in [0.717, 1.165) is 25.6 Å². The van der Waals surface area contributed by atoms with Crippen LogP contribution in [-0.2, 0) is 10.1 Å². The Bertz CT molecular complexity index is 1370. The summed E-state index contributed by atoms with van der Waals surface area (Å²) in [6.45, 7) is -1.63. The van der Waals surface area contributed by atoms with Crippen molar-refractivity contribution in [2.75, 3.05) is 36.5 Å². The first-order chi connectivity index (χ1) is 17.3. The van der Waals surface area contributed by atoms with Crippen LogP contribution in [0.3, 0.4) is 0 Å². The van der Waals surface area contributed by atoms with E-state index in [1.54, 1.807) is 4.90 Å². The molecule has 11 nitrogen and oxygen atoms in total. The van der Waals surface area contributed by atoms with E-state index < -0.39 is 56.3 Å². The molecule has 0 unspecified atom stereocenters. The van der Waals surface area contributed by atoms with Gasteiger partial charge in [-0.1, -0.05) is 0 Å². The van der Waals surface area contributed by atoms with Gasteiger partial charge in [0.15, 0.2) is 11.6 Å². The number of nitrogens with one attached hydrogen (secondary N) is 1. The number of benzene rings is 1. The average Bonchev–Trinajstić information content (AvgIpc) is 3.54. The van der Waals surface area contributed by atoms with Crippen LogP contribution in [0.1, 0.15) is 42.1 Å². The molecule has 0 radical (unpaired) electrons. The van der Waals surface area contributed by atoms with Gasteiger partial charge in [0.2, 0.25) is 5.43 Å². The van der Waals surface area contributed by atoms with Gasteiger partial charge in [-0.3, -0.25) is 9.35 Å². The number of fused-ring (bicyclic) bond motifs is 2. The second kappa shape index (κ2) is 10.0. The third kappa shape index (κ3) is 5.62. The average molecular weight is 549 g/mol. The van der Waals surface area contributed by atoms with Crippen molar-refractivity contribution in [2.24, 2.45) is 5.92 Å². The summed E-state index contributed by atoms with van der Waals surface area (Å²) in [4.78, 5) is 26.2. The summed E-state index contributed by atoms with van der Waals surface area (Å²) in [7, 11) is -3.67. The summed E-state index contributed by atoms with van der Waals surface area (Å²) in [6, 6.07) is -0.128. The molecule has 3 fully saturated rings. The summed E-state index contributed by atoms with van der Waals surface area (Å²) in [6.07, 6.45) is 5.06. The van der Waals surface area contributed by atoms with Crippen LogP contribution in [0.4, 0.5) is 24.5 Å². The Morgan fingerprint density at radius 1 is 1.27 bits per heavy atom. The Balaban J connectivity index is 0.000000586. The van der Waals surface area contributed by atoms with Gasteiger partial charge in [0.25, 0.3) is 10.1 Å². The van der Waals surface area contributed by atoms with Gasteiger partial charge in [0.05, 0.1) is 22.8 Å². The number of pyridine rings is 1. The van der Waals surface area contributed by atoms with Crippen molar-refractivity contribution in [3.63, 3.8) is 0 Å². The van der Waals surface area contributed by atoms with Crippen molar-refractivity contribution >= 4 is 38.4 Å². The van der Waals surface area contributed by atoms with E-state index in [2.05, 4.69) is 5.32 Å². The highest BCUT2D eigenvalue weighted by Gasteiger charge is 2.39. The molecule has 1 aromatic heterocycles. The van der Waals surface area contributed by atoms with E-state index in [9.17, 15) is 31.9 Å². The van der Waals surface area contributed by atoms with Crippen LogP contribution in [-0.4, -0.2) is 67.2 Å². The number of aromatic carboxylic acids is 1. The number of hydrogen-bond donors (Lipinski definition) is 4. The van der Waals surface area contributed by atoms with Crippen LogP contribution in [0, 0.1) is 11.7 Å². The number of halogens is 3. The van der Waals surface area contributed by atoms with Gasteiger partial charge in [-0.15, -0.1) is 0 Å². The fourth-order valence-corrected chi connectivity index (χ4v) is 5.07. The maximum atomic E-state index is 15.6. The number of anilines is 2. The summed E-state index contributed by atoms with van der Waals surface area (Å²) in [5.74, 6) is -2.80. The second-order valence-corrected chi connectivity index (χ2v) is 10.9. The van der Waals surface area contributed by atoms with Crippen molar-refractivity contribution in [3.05, 3.63) is 27.8 Å². The fourth-order valence-electron chi connectivity index (χ4n) is 5.07. The highest BCUT2D eigenvalue weighted by molar-refractivity contribution is 7.85. The number of rotatable bonds is 5. The van der Waals surface area contributed by atoms with Gasteiger partial charge < -0.3 is 30.4 Å². The number of ether oxygens (including phenoxy) is 1. The SMILES string of the molecule is CS(=O)(=O)O.Nc1c(F)c(N2C[C@H]3CCCN[C@H]3C2)c(OC(F)F)c2c1c(=O)c(C(=O)O)cn2C1CC1. The molecule has 5 rings (SSSR count). The number of hydrogen-bond acceptors (Lipinski definition) is 8. The van der Waals surface area contributed by atoms with Gasteiger partial charge in [0.1, 0.15) is 11.3 Å². The lowest BCUT2D eigenvalue weighted by Gasteiger charge is -2.26. The smallest absolute Gasteiger partial charge is 0.387 e. The zero-order valence-electron chi connectivity index (χ0n) is 19.8. The van der Waals surface area contributed by atoms with Crippen molar-refractivity contribution in [3.8, 4) is 5.75 Å². The highest BCUT2D eigenvalue weighted by atomic mass is 32.2. The Kier molecular flexibility index (Phi) is 7.32. The maximum Gasteiger partial charge on any atom is 0.387 e. The van der Waals surface area contributed by atoms with Gasteiger partial charge in [0, 0.05) is 31.4 Å². The number of nitrogens with zero attached hydrogens (tertiary/aromatic N) is 2. The normalized spacial score (nSPS) is 21.5. The lowest BCUT2D eigenvalue weighted by atomic mass is 9.94. The molecule has 3 heterocycles. The first kappa shape index (κ1) is 27.0. The first-order valence-electron chi connectivity index (χ1n) is 11.6. The van der Waals surface area contributed by atoms with Gasteiger partial charge in [-0.2, -0.15) is 17.2 Å². The van der Waals surface area contributed by atoms with E-state index in [1.807, 2.05) is 0 Å². The van der Waals surface area contributed by atoms with Crippen LogP contribution in [0.5, 0.6) is 5.75 Å². The largest absolute Gasteiger partial charge is 0.477 e. The fraction of sp³-hybridized carbons (Fsp3) is 0.545. The predicted molar refractivity (Wildman–Crippen MR) is 129 cm³/mol. The number of carbonyl (C=O) groups is 1. The van der Waals surface area contributed by atoms with E-state index >= 15 is 4.39 Å². The molecule has 1 aromatic carbocycles. The number of aromatic nitrogens is 1. The number of carboxylic acids is 1. The molecular formula is C22H27F3N4O7S. The zero-order valence-corrected chi connectivity index (χ0v) is 20.6. The molecule has 2 aromatic rings. The maximum absolute atomic E-state index is 15.6. The molecule has 2 saturated heterocycles. The molecule has 2 aliphatic heterocycles. The lowest BCUT2D eigenvalue weighted by molar-refractivity contribution is -0.0488. The highest BCUT2D eigenvalue weighted by Crippen LogP contribution is 2.47. The van der Waals surface area contributed by atoms with Crippen molar-refractivity contribution < 1.29 is 40.8 Å². The molecule has 37 heavy (non-hydrogen) atoms. The molecule has 1 aliphatic carbocycles. The molecule has 2 atom stereocenters. The van der Waals surface area contributed by atoms with E-state index in [1.165, 1.54) is 4.57 Å². The van der Waals surface area contributed by atoms with Crippen LogP contribution in [0.25, 0.3) is 10.9 Å². The second-order valence-electron chi connectivity index (χ2n) is 9.42. The topological polar surface area (TPSA) is 164 Å². The quantitative estimate of drug-likeness (QED) is 0.321. The minimum absolute atomic E-state index is 0.0829. The van der Waals surface area contributed by atoms with Crippen LogP contribution in [0.15, 0.2) is 11.0 Å².